The summed E-state index contributed by atoms with van der Waals surface area (Å²) in [5.41, 5.74) is 4.16. The highest BCUT2D eigenvalue weighted by atomic mass is 16.5. The molecule has 0 saturated heterocycles. The van der Waals surface area contributed by atoms with Crippen LogP contribution in [0.25, 0.3) is 10.9 Å². The molecule has 1 aliphatic heterocycles. The third-order valence-electron chi connectivity index (χ3n) is 6.91. The second kappa shape index (κ2) is 7.36. The summed E-state index contributed by atoms with van der Waals surface area (Å²) < 4.78 is 22.2. The number of carbonyl (C=O) groups excluding carboxylic acids is 1. The molecule has 7 heteroatoms. The van der Waals surface area contributed by atoms with Gasteiger partial charge in [0.1, 0.15) is 17.5 Å². The summed E-state index contributed by atoms with van der Waals surface area (Å²) in [5, 5.41) is 1.12. The largest absolute Gasteiger partial charge is 0.497 e. The Morgan fingerprint density at radius 3 is 2.25 bits per heavy atom. The van der Waals surface area contributed by atoms with Crippen molar-refractivity contribution in [3.8, 4) is 23.0 Å². The number of carbonyl (C=O) groups is 1. The van der Waals surface area contributed by atoms with Crippen molar-refractivity contribution in [1.82, 2.24) is 9.88 Å². The minimum absolute atomic E-state index is 0.0327. The van der Waals surface area contributed by atoms with Crippen LogP contribution in [-0.2, 0) is 10.2 Å². The van der Waals surface area contributed by atoms with Crippen LogP contribution in [0.2, 0.25) is 0 Å². The van der Waals surface area contributed by atoms with Crippen LogP contribution in [0.3, 0.4) is 0 Å². The lowest BCUT2D eigenvalue weighted by atomic mass is 9.83. The Kier molecular flexibility index (Phi) is 4.73. The number of amides is 1. The summed E-state index contributed by atoms with van der Waals surface area (Å²) >= 11 is 0. The number of nitrogens with zero attached hydrogens (tertiary/aromatic N) is 1. The Morgan fingerprint density at radius 2 is 1.66 bits per heavy atom. The first-order valence-electron chi connectivity index (χ1n) is 10.7. The van der Waals surface area contributed by atoms with Gasteiger partial charge in [0.25, 0.3) is 0 Å². The van der Waals surface area contributed by atoms with Gasteiger partial charge in [0.2, 0.25) is 5.91 Å². The molecule has 3 aromatic rings. The second-order valence-corrected chi connectivity index (χ2v) is 8.60. The van der Waals surface area contributed by atoms with Crippen LogP contribution in [-0.4, -0.2) is 50.8 Å². The van der Waals surface area contributed by atoms with Gasteiger partial charge in [-0.15, -0.1) is 0 Å². The molecule has 2 aromatic carbocycles. The van der Waals surface area contributed by atoms with Gasteiger partial charge >= 0.3 is 0 Å². The first-order chi connectivity index (χ1) is 15.5. The highest BCUT2D eigenvalue weighted by Crippen LogP contribution is 2.59. The van der Waals surface area contributed by atoms with E-state index in [1.165, 1.54) is 5.56 Å². The molecule has 1 fully saturated rings. The van der Waals surface area contributed by atoms with Crippen molar-refractivity contribution in [2.45, 2.75) is 31.2 Å². The van der Waals surface area contributed by atoms with Crippen LogP contribution in [0.4, 0.5) is 0 Å². The molecule has 32 heavy (non-hydrogen) atoms. The third kappa shape index (κ3) is 2.91. The van der Waals surface area contributed by atoms with E-state index in [1.54, 1.807) is 35.4 Å². The first-order valence-corrected chi connectivity index (χ1v) is 10.7. The molecule has 1 aliphatic carbocycles. The van der Waals surface area contributed by atoms with Gasteiger partial charge in [0.05, 0.1) is 28.4 Å². The molecule has 1 unspecified atom stereocenters. The number of nitrogens with one attached hydrogen (secondary N) is 1. The van der Waals surface area contributed by atoms with Crippen molar-refractivity contribution in [2.75, 3.05) is 35.0 Å². The molecule has 7 nitrogen and oxygen atoms in total. The molecule has 1 saturated carbocycles. The average molecular weight is 437 g/mol. The molecule has 1 spiro atoms. The van der Waals surface area contributed by atoms with E-state index in [-0.39, 0.29) is 17.4 Å². The minimum atomic E-state index is -0.293. The highest BCUT2D eigenvalue weighted by molar-refractivity contribution is 5.91. The standard InChI is InChI=1S/C25H28N2O5/c1-14(28)27-13-25(8-9-25)22-17-11-20(31-4)21(32-5)12-18(17)26-23(22)24(27)16-7-6-15(29-2)10-19(16)30-3/h6-7,10-12,24,26H,8-9,13H2,1-5H3. The van der Waals surface area contributed by atoms with E-state index in [0.29, 0.717) is 29.5 Å². The van der Waals surface area contributed by atoms with E-state index in [0.717, 1.165) is 35.0 Å². The van der Waals surface area contributed by atoms with Gasteiger partial charge in [-0.1, -0.05) is 0 Å². The monoisotopic (exact) mass is 436 g/mol. The quantitative estimate of drug-likeness (QED) is 0.649. The number of methoxy groups -OCH3 is 4. The van der Waals surface area contributed by atoms with Gasteiger partial charge in [-0.05, 0) is 36.6 Å². The average Bonchev–Trinajstić information content (AvgIpc) is 3.47. The summed E-state index contributed by atoms with van der Waals surface area (Å²) in [6.07, 6.45) is 2.11. The number of aromatic nitrogens is 1. The summed E-state index contributed by atoms with van der Waals surface area (Å²) in [6.45, 7) is 2.31. The summed E-state index contributed by atoms with van der Waals surface area (Å²) in [7, 11) is 6.56. The molecule has 1 N–H and O–H groups in total. The van der Waals surface area contributed by atoms with Gasteiger partial charge in [-0.25, -0.2) is 0 Å². The molecular weight excluding hydrogens is 408 g/mol. The van der Waals surface area contributed by atoms with Crippen molar-refractivity contribution in [3.05, 3.63) is 47.2 Å². The minimum Gasteiger partial charge on any atom is -0.497 e. The SMILES string of the molecule is COc1ccc(C2c3[nH]c4cc(OC)c(OC)cc4c3C3(CC3)CN2C(C)=O)c(OC)c1. The van der Waals surface area contributed by atoms with E-state index in [4.69, 9.17) is 18.9 Å². The number of aromatic amines is 1. The molecule has 1 aromatic heterocycles. The molecule has 2 heterocycles. The van der Waals surface area contributed by atoms with E-state index < -0.39 is 0 Å². The zero-order valence-corrected chi connectivity index (χ0v) is 19.1. The molecule has 5 rings (SSSR count). The molecule has 2 aliphatic rings. The third-order valence-corrected chi connectivity index (χ3v) is 6.91. The lowest BCUT2D eigenvalue weighted by molar-refractivity contribution is -0.131. The van der Waals surface area contributed by atoms with Crippen LogP contribution in [0.15, 0.2) is 30.3 Å². The van der Waals surface area contributed by atoms with Gasteiger partial charge in [-0.2, -0.15) is 0 Å². The topological polar surface area (TPSA) is 73.0 Å². The Labute approximate surface area is 187 Å². The van der Waals surface area contributed by atoms with Crippen molar-refractivity contribution in [1.29, 1.82) is 0 Å². The van der Waals surface area contributed by atoms with Crippen LogP contribution >= 0.6 is 0 Å². The fourth-order valence-corrected chi connectivity index (χ4v) is 5.19. The van der Waals surface area contributed by atoms with Crippen LogP contribution < -0.4 is 18.9 Å². The Balaban J connectivity index is 1.79. The van der Waals surface area contributed by atoms with E-state index in [2.05, 4.69) is 11.1 Å². The number of rotatable bonds is 5. The number of H-pyrrole nitrogens is 1. The van der Waals surface area contributed by atoms with Crippen LogP contribution in [0, 0.1) is 0 Å². The molecule has 168 valence electrons. The smallest absolute Gasteiger partial charge is 0.220 e. The van der Waals surface area contributed by atoms with Crippen LogP contribution in [0.1, 0.15) is 42.6 Å². The predicted octanol–water partition coefficient (Wildman–Crippen LogP) is 4.19. The van der Waals surface area contributed by atoms with E-state index >= 15 is 0 Å². The molecular formula is C25H28N2O5. The summed E-state index contributed by atoms with van der Waals surface area (Å²) in [5.74, 6) is 2.81. The van der Waals surface area contributed by atoms with Gasteiger partial charge in [-0.3, -0.25) is 4.79 Å². The lowest BCUT2D eigenvalue weighted by Gasteiger charge is -2.40. The van der Waals surface area contributed by atoms with Crippen molar-refractivity contribution in [3.63, 3.8) is 0 Å². The van der Waals surface area contributed by atoms with Crippen LogP contribution in [0.5, 0.6) is 23.0 Å². The maximum absolute atomic E-state index is 12.9. The number of hydrogen-bond acceptors (Lipinski definition) is 5. The van der Waals surface area contributed by atoms with Gasteiger partial charge < -0.3 is 28.8 Å². The Morgan fingerprint density at radius 1 is 0.969 bits per heavy atom. The number of fused-ring (bicyclic) bond motifs is 4. The Hall–Kier alpha value is -3.35. The second-order valence-electron chi connectivity index (χ2n) is 8.60. The number of benzene rings is 2. The Bertz CT molecular complexity index is 1210. The van der Waals surface area contributed by atoms with Crippen molar-refractivity contribution >= 4 is 16.8 Å². The van der Waals surface area contributed by atoms with Crippen molar-refractivity contribution in [2.24, 2.45) is 0 Å². The number of hydrogen-bond donors (Lipinski definition) is 1. The highest BCUT2D eigenvalue weighted by Gasteiger charge is 2.54. The first kappa shape index (κ1) is 20.5. The number of ether oxygens (including phenoxy) is 4. The van der Waals surface area contributed by atoms with Gasteiger partial charge in [0, 0.05) is 53.2 Å². The molecule has 0 bridgehead atoms. The maximum atomic E-state index is 12.9. The molecule has 1 atom stereocenters. The molecule has 1 amide bonds. The van der Waals surface area contributed by atoms with E-state index in [1.807, 2.05) is 29.2 Å². The normalized spacial score (nSPS) is 18.4. The predicted molar refractivity (Wildman–Crippen MR) is 121 cm³/mol. The fourth-order valence-electron chi connectivity index (χ4n) is 5.19. The zero-order valence-electron chi connectivity index (χ0n) is 19.1. The summed E-state index contributed by atoms with van der Waals surface area (Å²) in [4.78, 5) is 18.4. The van der Waals surface area contributed by atoms with Crippen molar-refractivity contribution < 1.29 is 23.7 Å². The lowest BCUT2D eigenvalue weighted by Crippen LogP contribution is -2.44. The van der Waals surface area contributed by atoms with E-state index in [9.17, 15) is 4.79 Å². The molecule has 0 radical (unpaired) electrons. The van der Waals surface area contributed by atoms with Gasteiger partial charge in [0.15, 0.2) is 11.5 Å². The fraction of sp³-hybridized carbons (Fsp3) is 0.400. The maximum Gasteiger partial charge on any atom is 0.220 e. The summed E-state index contributed by atoms with van der Waals surface area (Å²) in [6, 6.07) is 9.49. The zero-order chi connectivity index (χ0) is 22.6.